The van der Waals surface area contributed by atoms with Crippen molar-refractivity contribution < 1.29 is 9.53 Å². The SMILES string of the molecule is O=C(c1cc2ccccc2[nH]1)N1CC(Oc2ccccn2)C1. The number of nitrogens with one attached hydrogen (secondary N) is 1. The maximum Gasteiger partial charge on any atom is 0.270 e. The number of rotatable bonds is 3. The number of hydrogen-bond acceptors (Lipinski definition) is 3. The highest BCUT2D eigenvalue weighted by Crippen LogP contribution is 2.20. The number of pyridine rings is 1. The summed E-state index contributed by atoms with van der Waals surface area (Å²) in [6.45, 7) is 1.18. The van der Waals surface area contributed by atoms with Crippen LogP contribution in [0.2, 0.25) is 0 Å². The van der Waals surface area contributed by atoms with Crippen molar-refractivity contribution in [1.82, 2.24) is 14.9 Å². The van der Waals surface area contributed by atoms with Gasteiger partial charge in [0.25, 0.3) is 5.91 Å². The Morgan fingerprint density at radius 1 is 1.18 bits per heavy atom. The van der Waals surface area contributed by atoms with Gasteiger partial charge in [-0.15, -0.1) is 0 Å². The first-order chi connectivity index (χ1) is 10.8. The number of aromatic amines is 1. The Bertz CT molecular complexity index is 774. The molecule has 1 amide bonds. The molecule has 0 saturated carbocycles. The number of amides is 1. The first-order valence-electron chi connectivity index (χ1n) is 7.24. The highest BCUT2D eigenvalue weighted by atomic mass is 16.5. The van der Waals surface area contributed by atoms with Crippen molar-refractivity contribution in [1.29, 1.82) is 0 Å². The van der Waals surface area contributed by atoms with E-state index in [1.165, 1.54) is 0 Å². The minimum atomic E-state index is 0.0112. The Labute approximate surface area is 127 Å². The standard InChI is InChI=1S/C17H15N3O2/c21-17(15-9-12-5-1-2-6-14(12)19-15)20-10-13(11-20)22-16-7-3-4-8-18-16/h1-9,13,19H,10-11H2. The molecule has 110 valence electrons. The molecule has 3 aromatic rings. The lowest BCUT2D eigenvalue weighted by Crippen LogP contribution is -2.56. The Morgan fingerprint density at radius 2 is 2.00 bits per heavy atom. The van der Waals surface area contributed by atoms with Gasteiger partial charge in [-0.1, -0.05) is 24.3 Å². The number of carbonyl (C=O) groups excluding carboxylic acids is 1. The summed E-state index contributed by atoms with van der Waals surface area (Å²) in [4.78, 5) is 21.5. The molecule has 1 aromatic carbocycles. The summed E-state index contributed by atoms with van der Waals surface area (Å²) in [5.41, 5.74) is 1.60. The lowest BCUT2D eigenvalue weighted by atomic mass is 10.1. The summed E-state index contributed by atoms with van der Waals surface area (Å²) in [5.74, 6) is 0.613. The lowest BCUT2D eigenvalue weighted by molar-refractivity contribution is 0.0156. The second-order valence-electron chi connectivity index (χ2n) is 5.39. The summed E-state index contributed by atoms with van der Waals surface area (Å²) in [6.07, 6.45) is 1.71. The van der Waals surface area contributed by atoms with Crippen molar-refractivity contribution >= 4 is 16.8 Å². The molecule has 0 spiro atoms. The molecule has 1 aliphatic heterocycles. The van der Waals surface area contributed by atoms with Crippen LogP contribution < -0.4 is 4.74 Å². The van der Waals surface area contributed by atoms with Gasteiger partial charge in [0.2, 0.25) is 5.88 Å². The summed E-state index contributed by atoms with van der Waals surface area (Å²) in [7, 11) is 0. The largest absolute Gasteiger partial charge is 0.471 e. The second kappa shape index (κ2) is 5.18. The molecule has 0 aliphatic carbocycles. The van der Waals surface area contributed by atoms with Crippen LogP contribution in [-0.4, -0.2) is 40.0 Å². The highest BCUT2D eigenvalue weighted by Gasteiger charge is 2.33. The summed E-state index contributed by atoms with van der Waals surface area (Å²) >= 11 is 0. The molecular formula is C17H15N3O2. The number of carbonyl (C=O) groups is 1. The zero-order valence-electron chi connectivity index (χ0n) is 11.9. The average Bonchev–Trinajstić information content (AvgIpc) is 2.95. The zero-order valence-corrected chi connectivity index (χ0v) is 11.9. The molecule has 0 unspecified atom stereocenters. The maximum atomic E-state index is 12.4. The van der Waals surface area contributed by atoms with Crippen LogP contribution in [0.1, 0.15) is 10.5 Å². The van der Waals surface area contributed by atoms with Gasteiger partial charge in [-0.2, -0.15) is 0 Å². The van der Waals surface area contributed by atoms with Gasteiger partial charge in [0.1, 0.15) is 11.8 Å². The van der Waals surface area contributed by atoms with Crippen LogP contribution in [0.25, 0.3) is 10.9 Å². The van der Waals surface area contributed by atoms with Gasteiger partial charge >= 0.3 is 0 Å². The Hall–Kier alpha value is -2.82. The number of para-hydroxylation sites is 1. The zero-order chi connectivity index (χ0) is 14.9. The van der Waals surface area contributed by atoms with Gasteiger partial charge in [-0.25, -0.2) is 4.98 Å². The van der Waals surface area contributed by atoms with E-state index in [2.05, 4.69) is 9.97 Å². The average molecular weight is 293 g/mol. The monoisotopic (exact) mass is 293 g/mol. The van der Waals surface area contributed by atoms with Crippen LogP contribution in [0.15, 0.2) is 54.7 Å². The van der Waals surface area contributed by atoms with Crippen molar-refractivity contribution in [2.24, 2.45) is 0 Å². The van der Waals surface area contributed by atoms with Crippen LogP contribution in [0.3, 0.4) is 0 Å². The van der Waals surface area contributed by atoms with Crippen molar-refractivity contribution in [3.8, 4) is 5.88 Å². The fourth-order valence-electron chi connectivity index (χ4n) is 2.62. The van der Waals surface area contributed by atoms with E-state index >= 15 is 0 Å². The van der Waals surface area contributed by atoms with Crippen LogP contribution in [-0.2, 0) is 0 Å². The van der Waals surface area contributed by atoms with Gasteiger partial charge in [0.15, 0.2) is 0 Å². The third kappa shape index (κ3) is 2.30. The topological polar surface area (TPSA) is 58.2 Å². The summed E-state index contributed by atoms with van der Waals surface area (Å²) in [5, 5.41) is 1.05. The molecule has 3 heterocycles. The van der Waals surface area contributed by atoms with E-state index < -0.39 is 0 Å². The minimum Gasteiger partial charge on any atom is -0.471 e. The number of hydrogen-bond donors (Lipinski definition) is 1. The smallest absolute Gasteiger partial charge is 0.270 e. The van der Waals surface area contributed by atoms with Gasteiger partial charge in [0.05, 0.1) is 13.1 Å². The fraction of sp³-hybridized carbons (Fsp3) is 0.176. The molecule has 0 bridgehead atoms. The molecule has 5 heteroatoms. The molecule has 1 N–H and O–H groups in total. The van der Waals surface area contributed by atoms with Crippen molar-refractivity contribution in [2.45, 2.75) is 6.10 Å². The van der Waals surface area contributed by atoms with Crippen LogP contribution >= 0.6 is 0 Å². The molecule has 1 saturated heterocycles. The van der Waals surface area contributed by atoms with Gasteiger partial charge < -0.3 is 14.6 Å². The second-order valence-corrected chi connectivity index (χ2v) is 5.39. The molecule has 0 atom stereocenters. The van der Waals surface area contributed by atoms with Gasteiger partial charge in [0, 0.05) is 23.2 Å². The Morgan fingerprint density at radius 3 is 2.77 bits per heavy atom. The third-order valence-corrected chi connectivity index (χ3v) is 3.82. The summed E-state index contributed by atoms with van der Waals surface area (Å²) in [6, 6.07) is 15.3. The summed E-state index contributed by atoms with van der Waals surface area (Å²) < 4.78 is 5.71. The molecule has 22 heavy (non-hydrogen) atoms. The van der Waals surface area contributed by atoms with Crippen LogP contribution in [0, 0.1) is 0 Å². The van der Waals surface area contributed by atoms with Crippen molar-refractivity contribution in [3.05, 3.63) is 60.4 Å². The number of likely N-dealkylation sites (tertiary alicyclic amines) is 1. The van der Waals surface area contributed by atoms with Crippen molar-refractivity contribution in [2.75, 3.05) is 13.1 Å². The molecule has 1 fully saturated rings. The molecular weight excluding hydrogens is 278 g/mol. The number of H-pyrrole nitrogens is 1. The van der Waals surface area contributed by atoms with Crippen LogP contribution in [0.5, 0.6) is 5.88 Å². The van der Waals surface area contributed by atoms with E-state index in [0.717, 1.165) is 10.9 Å². The lowest BCUT2D eigenvalue weighted by Gasteiger charge is -2.38. The van der Waals surface area contributed by atoms with E-state index in [1.807, 2.05) is 48.5 Å². The van der Waals surface area contributed by atoms with E-state index in [9.17, 15) is 4.79 Å². The molecule has 5 nitrogen and oxygen atoms in total. The predicted octanol–water partition coefficient (Wildman–Crippen LogP) is 2.47. The number of ether oxygens (including phenoxy) is 1. The molecule has 4 rings (SSSR count). The van der Waals surface area contributed by atoms with E-state index in [-0.39, 0.29) is 12.0 Å². The Kier molecular flexibility index (Phi) is 3.04. The molecule has 1 aliphatic rings. The maximum absolute atomic E-state index is 12.4. The Balaban J connectivity index is 1.41. The number of benzene rings is 1. The third-order valence-electron chi connectivity index (χ3n) is 3.82. The number of fused-ring (bicyclic) bond motifs is 1. The van der Waals surface area contributed by atoms with E-state index in [1.54, 1.807) is 11.1 Å². The fourth-order valence-corrected chi connectivity index (χ4v) is 2.62. The van der Waals surface area contributed by atoms with Crippen LogP contribution in [0.4, 0.5) is 0 Å². The molecule has 2 aromatic heterocycles. The van der Waals surface area contributed by atoms with E-state index in [4.69, 9.17) is 4.74 Å². The predicted molar refractivity (Wildman–Crippen MR) is 82.9 cm³/mol. The first kappa shape index (κ1) is 12.9. The van der Waals surface area contributed by atoms with Gasteiger partial charge in [-0.05, 0) is 18.2 Å². The highest BCUT2D eigenvalue weighted by molar-refractivity contribution is 5.98. The number of aromatic nitrogens is 2. The number of nitrogens with zero attached hydrogens (tertiary/aromatic N) is 2. The van der Waals surface area contributed by atoms with Gasteiger partial charge in [-0.3, -0.25) is 4.79 Å². The quantitative estimate of drug-likeness (QED) is 0.807. The molecule has 0 radical (unpaired) electrons. The van der Waals surface area contributed by atoms with E-state index in [0.29, 0.717) is 24.7 Å². The normalized spacial score (nSPS) is 14.8. The first-order valence-corrected chi connectivity index (χ1v) is 7.24. The van der Waals surface area contributed by atoms with Crippen molar-refractivity contribution in [3.63, 3.8) is 0 Å². The minimum absolute atomic E-state index is 0.0112.